The van der Waals surface area contributed by atoms with Crippen LogP contribution in [0.3, 0.4) is 0 Å². The summed E-state index contributed by atoms with van der Waals surface area (Å²) in [5.74, 6) is 9.05. The van der Waals surface area contributed by atoms with Crippen LogP contribution in [0.2, 0.25) is 0 Å². The Morgan fingerprint density at radius 1 is 1.00 bits per heavy atom. The normalized spacial score (nSPS) is 34.6. The molecule has 0 spiro atoms. The molecule has 3 N–H and O–H groups in total. The molecule has 2 aliphatic carbocycles. The first kappa shape index (κ1) is 17.2. The van der Waals surface area contributed by atoms with Crippen LogP contribution >= 0.6 is 0 Å². The molecular weight excluding hydrogens is 260 g/mol. The summed E-state index contributed by atoms with van der Waals surface area (Å²) in [6.45, 7) is 7.72. The Morgan fingerprint density at radius 2 is 1.71 bits per heavy atom. The highest BCUT2D eigenvalue weighted by atomic mass is 16.5. The van der Waals surface area contributed by atoms with E-state index in [9.17, 15) is 0 Å². The molecule has 0 heterocycles. The van der Waals surface area contributed by atoms with Gasteiger partial charge in [-0.2, -0.15) is 0 Å². The van der Waals surface area contributed by atoms with Crippen LogP contribution in [0.4, 0.5) is 0 Å². The van der Waals surface area contributed by atoms with E-state index in [1.807, 2.05) is 0 Å². The van der Waals surface area contributed by atoms with Crippen LogP contribution in [0.1, 0.15) is 72.1 Å². The maximum absolute atomic E-state index is 6.21. The largest absolute Gasteiger partial charge is 0.377 e. The minimum absolute atomic E-state index is 0.311. The van der Waals surface area contributed by atoms with E-state index in [1.54, 1.807) is 0 Å². The highest BCUT2D eigenvalue weighted by Crippen LogP contribution is 2.39. The van der Waals surface area contributed by atoms with E-state index in [0.29, 0.717) is 24.0 Å². The van der Waals surface area contributed by atoms with Gasteiger partial charge in [-0.25, -0.2) is 0 Å². The topological polar surface area (TPSA) is 47.3 Å². The standard InChI is InChI=1S/C18H36N2O/c1-4-21-18(15-8-6-5-7-9-15)17(20-19)16-11-10-13(2)14(3)12-16/h13-18,20H,4-12,19H2,1-3H3. The van der Waals surface area contributed by atoms with Gasteiger partial charge in [-0.1, -0.05) is 39.5 Å². The van der Waals surface area contributed by atoms with Gasteiger partial charge in [0.15, 0.2) is 0 Å². The second kappa shape index (κ2) is 8.50. The summed E-state index contributed by atoms with van der Waals surface area (Å²) in [6, 6.07) is 0.336. The van der Waals surface area contributed by atoms with Crippen LogP contribution in [-0.2, 0) is 4.74 Å². The Hall–Kier alpha value is -0.120. The van der Waals surface area contributed by atoms with E-state index in [0.717, 1.165) is 18.4 Å². The monoisotopic (exact) mass is 296 g/mol. The molecule has 2 aliphatic rings. The van der Waals surface area contributed by atoms with Gasteiger partial charge in [-0.3, -0.25) is 11.3 Å². The van der Waals surface area contributed by atoms with Crippen molar-refractivity contribution < 1.29 is 4.74 Å². The number of hydrazine groups is 1. The summed E-state index contributed by atoms with van der Waals surface area (Å²) in [7, 11) is 0. The van der Waals surface area contributed by atoms with Gasteiger partial charge in [0.05, 0.1) is 12.1 Å². The average Bonchev–Trinajstić information content (AvgIpc) is 2.51. The maximum Gasteiger partial charge on any atom is 0.0772 e. The van der Waals surface area contributed by atoms with Crippen molar-refractivity contribution in [1.29, 1.82) is 0 Å². The molecule has 5 atom stereocenters. The van der Waals surface area contributed by atoms with Crippen molar-refractivity contribution in [1.82, 2.24) is 5.43 Å². The van der Waals surface area contributed by atoms with E-state index in [1.165, 1.54) is 51.4 Å². The summed E-state index contributed by atoms with van der Waals surface area (Å²) in [5.41, 5.74) is 3.16. The number of hydrogen-bond donors (Lipinski definition) is 2. The molecule has 21 heavy (non-hydrogen) atoms. The van der Waals surface area contributed by atoms with E-state index in [-0.39, 0.29) is 0 Å². The molecule has 2 saturated carbocycles. The van der Waals surface area contributed by atoms with E-state index in [4.69, 9.17) is 10.6 Å². The fraction of sp³-hybridized carbons (Fsp3) is 1.00. The summed E-state index contributed by atoms with van der Waals surface area (Å²) in [6.07, 6.45) is 11.0. The van der Waals surface area contributed by atoms with Gasteiger partial charge < -0.3 is 4.74 Å². The highest BCUT2D eigenvalue weighted by Gasteiger charge is 2.38. The Kier molecular flexibility index (Phi) is 6.97. The molecule has 2 fully saturated rings. The third kappa shape index (κ3) is 4.43. The molecule has 0 amide bonds. The third-order valence-electron chi connectivity index (χ3n) is 6.17. The lowest BCUT2D eigenvalue weighted by Crippen LogP contribution is -2.54. The van der Waals surface area contributed by atoms with Gasteiger partial charge >= 0.3 is 0 Å². The summed E-state index contributed by atoms with van der Waals surface area (Å²) in [4.78, 5) is 0. The molecule has 0 saturated heterocycles. The van der Waals surface area contributed by atoms with Crippen molar-refractivity contribution in [2.24, 2.45) is 29.5 Å². The van der Waals surface area contributed by atoms with Crippen molar-refractivity contribution >= 4 is 0 Å². The van der Waals surface area contributed by atoms with Crippen LogP contribution in [0.25, 0.3) is 0 Å². The summed E-state index contributed by atoms with van der Waals surface area (Å²) >= 11 is 0. The fourth-order valence-electron chi connectivity index (χ4n) is 4.60. The second-order valence-corrected chi connectivity index (χ2v) is 7.54. The number of rotatable bonds is 6. The zero-order valence-corrected chi connectivity index (χ0v) is 14.3. The average molecular weight is 296 g/mol. The van der Waals surface area contributed by atoms with Crippen LogP contribution < -0.4 is 11.3 Å². The smallest absolute Gasteiger partial charge is 0.0772 e. The number of ether oxygens (including phenoxy) is 1. The molecule has 2 rings (SSSR count). The predicted molar refractivity (Wildman–Crippen MR) is 88.8 cm³/mol. The lowest BCUT2D eigenvalue weighted by atomic mass is 9.70. The molecule has 0 bridgehead atoms. The van der Waals surface area contributed by atoms with E-state index in [2.05, 4.69) is 26.2 Å². The van der Waals surface area contributed by atoms with Crippen molar-refractivity contribution in [3.63, 3.8) is 0 Å². The van der Waals surface area contributed by atoms with Crippen LogP contribution in [0.15, 0.2) is 0 Å². The summed E-state index contributed by atoms with van der Waals surface area (Å²) < 4.78 is 6.21. The lowest BCUT2D eigenvalue weighted by Gasteiger charge is -2.42. The first-order valence-corrected chi connectivity index (χ1v) is 9.25. The Bertz CT molecular complexity index is 291. The highest BCUT2D eigenvalue weighted by molar-refractivity contribution is 4.91. The zero-order chi connectivity index (χ0) is 15.2. The number of hydrogen-bond acceptors (Lipinski definition) is 3. The SMILES string of the molecule is CCOC(C1CCCCC1)C(NN)C1CCC(C)C(C)C1. The molecule has 0 radical (unpaired) electrons. The predicted octanol–water partition coefficient (Wildman–Crippen LogP) is 3.88. The number of nitrogens with two attached hydrogens (primary N) is 1. The van der Waals surface area contributed by atoms with Gasteiger partial charge in [0, 0.05) is 6.61 Å². The van der Waals surface area contributed by atoms with Gasteiger partial charge in [0.2, 0.25) is 0 Å². The maximum atomic E-state index is 6.21. The molecule has 0 aromatic rings. The quantitative estimate of drug-likeness (QED) is 0.577. The Labute approximate surface area is 131 Å². The van der Waals surface area contributed by atoms with Gasteiger partial charge in [0.25, 0.3) is 0 Å². The van der Waals surface area contributed by atoms with Gasteiger partial charge in [0.1, 0.15) is 0 Å². The lowest BCUT2D eigenvalue weighted by molar-refractivity contribution is -0.0400. The van der Waals surface area contributed by atoms with Gasteiger partial charge in [-0.15, -0.1) is 0 Å². The molecule has 5 unspecified atom stereocenters. The minimum Gasteiger partial charge on any atom is -0.377 e. The molecule has 0 aromatic heterocycles. The molecular formula is C18H36N2O. The minimum atomic E-state index is 0.311. The fourth-order valence-corrected chi connectivity index (χ4v) is 4.60. The Morgan fingerprint density at radius 3 is 2.29 bits per heavy atom. The third-order valence-corrected chi connectivity index (χ3v) is 6.17. The number of nitrogens with one attached hydrogen (secondary N) is 1. The first-order chi connectivity index (χ1) is 10.2. The molecule has 3 heteroatoms. The van der Waals surface area contributed by atoms with Crippen LogP contribution in [0.5, 0.6) is 0 Å². The van der Waals surface area contributed by atoms with Crippen molar-refractivity contribution in [2.75, 3.05) is 6.61 Å². The van der Waals surface area contributed by atoms with Crippen LogP contribution in [-0.4, -0.2) is 18.8 Å². The first-order valence-electron chi connectivity index (χ1n) is 9.25. The molecule has 0 aliphatic heterocycles. The van der Waals surface area contributed by atoms with E-state index < -0.39 is 0 Å². The molecule has 0 aromatic carbocycles. The van der Waals surface area contributed by atoms with Crippen molar-refractivity contribution in [2.45, 2.75) is 84.3 Å². The van der Waals surface area contributed by atoms with Crippen LogP contribution in [0, 0.1) is 23.7 Å². The Balaban J connectivity index is 2.03. The van der Waals surface area contributed by atoms with Crippen molar-refractivity contribution in [3.05, 3.63) is 0 Å². The van der Waals surface area contributed by atoms with Gasteiger partial charge in [-0.05, 0) is 56.3 Å². The molecule has 3 nitrogen and oxygen atoms in total. The van der Waals surface area contributed by atoms with E-state index >= 15 is 0 Å². The van der Waals surface area contributed by atoms with Crippen molar-refractivity contribution in [3.8, 4) is 0 Å². The molecule has 124 valence electrons. The summed E-state index contributed by atoms with van der Waals surface area (Å²) in [5, 5.41) is 0. The zero-order valence-electron chi connectivity index (χ0n) is 14.3. The second-order valence-electron chi connectivity index (χ2n) is 7.54.